The molecular weight excluding hydrogens is 635 g/mol. The summed E-state index contributed by atoms with van der Waals surface area (Å²) >= 11 is 5.91. The topological polar surface area (TPSA) is 118 Å². The maximum Gasteiger partial charge on any atom is 0.263 e. The Hall–Kier alpha value is -3.46. The zero-order valence-electron chi connectivity index (χ0n) is 22.7. The minimum absolute atomic E-state index is 0. The summed E-state index contributed by atoms with van der Waals surface area (Å²) in [6.07, 6.45) is 0.555. The van der Waals surface area contributed by atoms with Gasteiger partial charge in [-0.3, -0.25) is 14.1 Å². The van der Waals surface area contributed by atoms with Gasteiger partial charge >= 0.3 is 0 Å². The molecule has 2 aromatic heterocycles. The molecule has 2 aromatic carbocycles. The lowest BCUT2D eigenvalue weighted by Crippen LogP contribution is -2.44. The predicted molar refractivity (Wildman–Crippen MR) is 159 cm³/mol. The quantitative estimate of drug-likeness (QED) is 0.178. The maximum atomic E-state index is 15.4. The van der Waals surface area contributed by atoms with Gasteiger partial charge in [0.15, 0.2) is 17.5 Å². The average molecular weight is 662 g/mol. The summed E-state index contributed by atoms with van der Waals surface area (Å²) < 4.78 is 88.0. The van der Waals surface area contributed by atoms with Crippen LogP contribution in [0.1, 0.15) is 26.3 Å². The summed E-state index contributed by atoms with van der Waals surface area (Å²) in [6.45, 7) is 4.07. The molecule has 16 heteroatoms. The van der Waals surface area contributed by atoms with E-state index >= 15 is 13.2 Å². The smallest absolute Gasteiger partial charge is 0.263 e. The van der Waals surface area contributed by atoms with E-state index in [-0.39, 0.29) is 53.4 Å². The van der Waals surface area contributed by atoms with Crippen LogP contribution in [0.2, 0.25) is 5.02 Å². The number of aromatic nitrogens is 3. The predicted octanol–water partition coefficient (Wildman–Crippen LogP) is 5.44. The highest BCUT2D eigenvalue weighted by Gasteiger charge is 2.28. The fourth-order valence-corrected chi connectivity index (χ4v) is 6.37. The molecule has 230 valence electrons. The van der Waals surface area contributed by atoms with E-state index in [1.165, 1.54) is 35.0 Å². The number of sulfonamides is 1. The first-order valence-electron chi connectivity index (χ1n) is 12.9. The largest absolute Gasteiger partial charge is 0.350 e. The molecule has 0 bridgehead atoms. The number of pyridine rings is 1. The van der Waals surface area contributed by atoms with Crippen molar-refractivity contribution in [2.45, 2.75) is 43.4 Å². The molecule has 0 saturated carbocycles. The number of nitrogens with zero attached hydrogens (tertiary/aromatic N) is 3. The van der Waals surface area contributed by atoms with Gasteiger partial charge in [-0.15, -0.1) is 12.4 Å². The summed E-state index contributed by atoms with van der Waals surface area (Å²) in [5, 5.41) is 6.04. The van der Waals surface area contributed by atoms with E-state index in [1.807, 2.05) is 0 Å². The summed E-state index contributed by atoms with van der Waals surface area (Å²) in [7, 11) is -4.60. The molecule has 43 heavy (non-hydrogen) atoms. The Balaban J connectivity index is 0.00000423. The van der Waals surface area contributed by atoms with E-state index in [2.05, 4.69) is 20.6 Å². The number of nitrogens with one attached hydrogen (secondary N) is 3. The number of piperidine rings is 1. The summed E-state index contributed by atoms with van der Waals surface area (Å²) in [4.78, 5) is 21.7. The number of benzene rings is 2. The number of fused-ring (bicyclic) bond motifs is 1. The molecule has 9 nitrogen and oxygen atoms in total. The molecule has 3 N–H and O–H groups in total. The van der Waals surface area contributed by atoms with Crippen molar-refractivity contribution in [2.75, 3.05) is 23.1 Å². The molecule has 1 fully saturated rings. The summed E-state index contributed by atoms with van der Waals surface area (Å²) in [5.41, 5.74) is -3.02. The van der Waals surface area contributed by atoms with Crippen LogP contribution in [0, 0.1) is 17.5 Å². The van der Waals surface area contributed by atoms with Crippen molar-refractivity contribution in [1.82, 2.24) is 19.9 Å². The van der Waals surface area contributed by atoms with Gasteiger partial charge in [-0.25, -0.2) is 31.0 Å². The van der Waals surface area contributed by atoms with E-state index in [9.17, 15) is 17.6 Å². The molecule has 0 amide bonds. The van der Waals surface area contributed by atoms with Gasteiger partial charge in [-0.2, -0.15) is 4.98 Å². The second kappa shape index (κ2) is 12.6. The van der Waals surface area contributed by atoms with Crippen LogP contribution in [0.15, 0.2) is 52.3 Å². The second-order valence-corrected chi connectivity index (χ2v) is 12.1. The summed E-state index contributed by atoms with van der Waals surface area (Å²) in [6, 6.07) is 6.12. The Bertz CT molecular complexity index is 1860. The van der Waals surface area contributed by atoms with E-state index in [1.54, 1.807) is 18.6 Å². The van der Waals surface area contributed by atoms with Gasteiger partial charge < -0.3 is 10.6 Å². The Morgan fingerprint density at radius 3 is 2.49 bits per heavy atom. The van der Waals surface area contributed by atoms with Crippen LogP contribution in [0.4, 0.5) is 29.2 Å². The lowest BCUT2D eigenvalue weighted by Gasteiger charge is -2.26. The van der Waals surface area contributed by atoms with Gasteiger partial charge in [-0.1, -0.05) is 23.7 Å². The van der Waals surface area contributed by atoms with Crippen molar-refractivity contribution in [3.8, 4) is 11.1 Å². The lowest BCUT2D eigenvalue weighted by molar-refractivity contribution is 0.254. The van der Waals surface area contributed by atoms with Crippen molar-refractivity contribution < 1.29 is 26.0 Å². The van der Waals surface area contributed by atoms with Gasteiger partial charge in [-0.05, 0) is 38.1 Å². The van der Waals surface area contributed by atoms with E-state index in [4.69, 9.17) is 11.6 Å². The molecule has 2 atom stereocenters. The van der Waals surface area contributed by atoms with Gasteiger partial charge in [0.2, 0.25) is 5.95 Å². The third-order valence-electron chi connectivity index (χ3n) is 6.73. The minimum atomic E-state index is -4.60. The van der Waals surface area contributed by atoms with E-state index in [0.717, 1.165) is 6.07 Å². The molecule has 5 rings (SSSR count). The fourth-order valence-electron chi connectivity index (χ4n) is 4.78. The third-order valence-corrected chi connectivity index (χ3v) is 8.58. The number of rotatable bonds is 7. The lowest BCUT2D eigenvalue weighted by atomic mass is 10.0. The van der Waals surface area contributed by atoms with Crippen LogP contribution in [0.3, 0.4) is 0 Å². The van der Waals surface area contributed by atoms with Crippen LogP contribution >= 0.6 is 24.0 Å². The van der Waals surface area contributed by atoms with E-state index < -0.39 is 67.0 Å². The zero-order chi connectivity index (χ0) is 30.3. The molecule has 0 aliphatic carbocycles. The normalized spacial score (nSPS) is 17.1. The van der Waals surface area contributed by atoms with Gasteiger partial charge in [0.25, 0.3) is 15.6 Å². The number of alkyl halides is 1. The Kier molecular flexibility index (Phi) is 9.54. The zero-order valence-corrected chi connectivity index (χ0v) is 25.1. The third kappa shape index (κ3) is 6.42. The van der Waals surface area contributed by atoms with Crippen LogP contribution in [0.5, 0.6) is 0 Å². The first kappa shape index (κ1) is 32.5. The number of hydrogen-bond donors (Lipinski definition) is 3. The number of hydrogen-bond acceptors (Lipinski definition) is 7. The number of halogens is 6. The van der Waals surface area contributed by atoms with Crippen LogP contribution in [-0.2, 0) is 10.0 Å². The molecule has 0 spiro atoms. The second-order valence-electron chi connectivity index (χ2n) is 10.1. The van der Waals surface area contributed by atoms with Crippen molar-refractivity contribution in [1.29, 1.82) is 0 Å². The highest BCUT2D eigenvalue weighted by molar-refractivity contribution is 7.92. The minimum Gasteiger partial charge on any atom is -0.350 e. The van der Waals surface area contributed by atoms with Gasteiger partial charge in [0.05, 0.1) is 10.6 Å². The Morgan fingerprint density at radius 1 is 1.09 bits per heavy atom. The molecule has 0 unspecified atom stereocenters. The van der Waals surface area contributed by atoms with Crippen molar-refractivity contribution in [2.24, 2.45) is 0 Å². The van der Waals surface area contributed by atoms with Gasteiger partial charge in [0, 0.05) is 48.7 Å². The molecule has 1 saturated heterocycles. The number of anilines is 2. The van der Waals surface area contributed by atoms with Gasteiger partial charge in [0.1, 0.15) is 22.4 Å². The Labute approximate surface area is 255 Å². The molecular formula is C27H26Cl2F4N6O3S. The molecule has 4 aromatic rings. The fraction of sp³-hybridized carbons (Fsp3) is 0.296. The average Bonchev–Trinajstić information content (AvgIpc) is 2.93. The van der Waals surface area contributed by atoms with Crippen LogP contribution < -0.4 is 20.9 Å². The summed E-state index contributed by atoms with van der Waals surface area (Å²) in [5.74, 6) is -4.81. The molecule has 1 aliphatic rings. The highest BCUT2D eigenvalue weighted by Crippen LogP contribution is 2.33. The first-order chi connectivity index (χ1) is 19.9. The molecule has 3 heterocycles. The maximum absolute atomic E-state index is 15.4. The monoisotopic (exact) mass is 660 g/mol. The molecule has 1 aliphatic heterocycles. The van der Waals surface area contributed by atoms with Crippen molar-refractivity contribution in [3.63, 3.8) is 0 Å². The van der Waals surface area contributed by atoms with Crippen molar-refractivity contribution >= 4 is 56.7 Å². The van der Waals surface area contributed by atoms with Crippen LogP contribution in [0.25, 0.3) is 22.2 Å². The SMILES string of the molecule is CC(C)n1c(=O)c(-c2cc(F)c(NS(=O)(=O)c3ccccc3Cl)c(F)c2F)cc2cnc(N[C@@H]3CNC[C@@H](F)C3)nc21.Cl. The highest BCUT2D eigenvalue weighted by atomic mass is 35.5. The molecule has 0 radical (unpaired) electrons. The Morgan fingerprint density at radius 2 is 1.81 bits per heavy atom. The first-order valence-corrected chi connectivity index (χ1v) is 14.7. The van der Waals surface area contributed by atoms with E-state index in [0.29, 0.717) is 12.6 Å². The van der Waals surface area contributed by atoms with Crippen molar-refractivity contribution in [3.05, 3.63) is 75.4 Å². The standard InChI is InChI=1S/C27H25ClF4N6O3S.ClH/c1-13(2)38-25-14(10-34-27(36-25)35-16-8-15(29)11-33-12-16)7-18(26(38)39)17-9-20(30)24(23(32)22(17)31)37-42(40,41)21-6-4-3-5-19(21)28;/h3-7,9-10,13,15-16,33,37H,8,11-12H2,1-2H3,(H,34,35,36);1H/t15-,16-;/m0./s1. The van der Waals surface area contributed by atoms with Crippen LogP contribution in [-0.4, -0.2) is 48.3 Å².